The van der Waals surface area contributed by atoms with Crippen LogP contribution in [0.2, 0.25) is 0 Å². The van der Waals surface area contributed by atoms with E-state index in [0.717, 1.165) is 6.07 Å². The van der Waals surface area contributed by atoms with Gasteiger partial charge in [-0.05, 0) is 25.1 Å². The first-order valence-corrected chi connectivity index (χ1v) is 8.03. The van der Waals surface area contributed by atoms with Gasteiger partial charge in [0, 0.05) is 18.1 Å². The molecule has 0 bridgehead atoms. The number of ether oxygens (including phenoxy) is 1. The van der Waals surface area contributed by atoms with Crippen LogP contribution in [-0.2, 0) is 4.79 Å². The number of hydrogen-bond acceptors (Lipinski definition) is 7. The van der Waals surface area contributed by atoms with Gasteiger partial charge in [0.05, 0.1) is 24.7 Å². The summed E-state index contributed by atoms with van der Waals surface area (Å²) >= 11 is 0. The van der Waals surface area contributed by atoms with E-state index < -0.39 is 28.4 Å². The maximum absolute atomic E-state index is 13.0. The average Bonchev–Trinajstić information content (AvgIpc) is 2.63. The van der Waals surface area contributed by atoms with Crippen LogP contribution in [0.15, 0.2) is 49.0 Å². The number of fused-ring (bicyclic) bond motifs is 1. The number of rotatable bonds is 5. The number of primary amides is 1. The normalized spacial score (nSPS) is 12.1. The van der Waals surface area contributed by atoms with Gasteiger partial charge >= 0.3 is 0 Å². The molecule has 0 spiro atoms. The first kappa shape index (κ1) is 18.2. The summed E-state index contributed by atoms with van der Waals surface area (Å²) in [7, 11) is 1.46. The Morgan fingerprint density at radius 2 is 2.04 bits per heavy atom. The molecule has 140 valence electrons. The molecule has 8 heteroatoms. The third-order valence-corrected chi connectivity index (χ3v) is 4.18. The quantitative estimate of drug-likeness (QED) is 0.698. The SMILES string of the molecule is COc1ccc2occ([C@H](CC(N)=O)c3oc(C)cc(=O)c3O)c(=O)c2c1. The summed E-state index contributed by atoms with van der Waals surface area (Å²) < 4.78 is 16.1. The van der Waals surface area contributed by atoms with Gasteiger partial charge in [0.15, 0.2) is 11.2 Å². The zero-order valence-electron chi connectivity index (χ0n) is 14.6. The van der Waals surface area contributed by atoms with Gasteiger partial charge in [-0.15, -0.1) is 0 Å². The molecule has 0 aliphatic carbocycles. The van der Waals surface area contributed by atoms with E-state index in [2.05, 4.69) is 0 Å². The van der Waals surface area contributed by atoms with Gasteiger partial charge in [-0.3, -0.25) is 14.4 Å². The number of nitrogens with two attached hydrogens (primary N) is 1. The van der Waals surface area contributed by atoms with Gasteiger partial charge in [-0.1, -0.05) is 0 Å². The third kappa shape index (κ3) is 3.41. The Kier molecular flexibility index (Phi) is 4.72. The first-order chi connectivity index (χ1) is 12.8. The second-order valence-corrected chi connectivity index (χ2v) is 6.04. The van der Waals surface area contributed by atoms with Crippen LogP contribution in [-0.4, -0.2) is 18.1 Å². The minimum absolute atomic E-state index is 0.0265. The fourth-order valence-electron chi connectivity index (χ4n) is 2.90. The maximum atomic E-state index is 13.0. The lowest BCUT2D eigenvalue weighted by molar-refractivity contribution is -0.118. The van der Waals surface area contributed by atoms with Crippen molar-refractivity contribution in [3.8, 4) is 11.5 Å². The predicted octanol–water partition coefficient (Wildman–Crippen LogP) is 1.78. The molecule has 3 aromatic rings. The van der Waals surface area contributed by atoms with Crippen LogP contribution >= 0.6 is 0 Å². The molecule has 2 aromatic heterocycles. The zero-order chi connectivity index (χ0) is 19.7. The second kappa shape index (κ2) is 6.99. The molecule has 3 rings (SSSR count). The van der Waals surface area contributed by atoms with E-state index in [-0.39, 0.29) is 28.9 Å². The highest BCUT2D eigenvalue weighted by Gasteiger charge is 2.28. The number of aromatic hydroxyl groups is 1. The summed E-state index contributed by atoms with van der Waals surface area (Å²) in [4.78, 5) is 36.5. The molecule has 0 aliphatic heterocycles. The summed E-state index contributed by atoms with van der Waals surface area (Å²) in [6.45, 7) is 1.51. The van der Waals surface area contributed by atoms with E-state index in [0.29, 0.717) is 11.3 Å². The molecular formula is C19H17NO7. The summed E-state index contributed by atoms with van der Waals surface area (Å²) in [5.74, 6) is -2.06. The van der Waals surface area contributed by atoms with Crippen LogP contribution in [0, 0.1) is 6.92 Å². The molecule has 0 saturated heterocycles. The fourth-order valence-corrected chi connectivity index (χ4v) is 2.90. The number of hydrogen-bond donors (Lipinski definition) is 2. The lowest BCUT2D eigenvalue weighted by Gasteiger charge is -2.16. The Morgan fingerprint density at radius 1 is 1.30 bits per heavy atom. The van der Waals surface area contributed by atoms with Crippen molar-refractivity contribution in [2.45, 2.75) is 19.3 Å². The van der Waals surface area contributed by atoms with Crippen molar-refractivity contribution in [2.75, 3.05) is 7.11 Å². The minimum Gasteiger partial charge on any atom is -0.502 e. The summed E-state index contributed by atoms with van der Waals surface area (Å²) in [6.07, 6.45) is 0.812. The molecule has 27 heavy (non-hydrogen) atoms. The summed E-state index contributed by atoms with van der Waals surface area (Å²) in [5, 5.41) is 10.4. The lowest BCUT2D eigenvalue weighted by Crippen LogP contribution is -2.22. The van der Waals surface area contributed by atoms with Gasteiger partial charge in [-0.25, -0.2) is 0 Å². The highest BCUT2D eigenvalue weighted by Crippen LogP contribution is 2.32. The molecule has 8 nitrogen and oxygen atoms in total. The van der Waals surface area contributed by atoms with Crippen LogP contribution < -0.4 is 21.3 Å². The molecule has 0 aliphatic rings. The predicted molar refractivity (Wildman–Crippen MR) is 96.1 cm³/mol. The Morgan fingerprint density at radius 3 is 2.70 bits per heavy atom. The van der Waals surface area contributed by atoms with Gasteiger partial charge in [0.1, 0.15) is 17.1 Å². The molecule has 1 aromatic carbocycles. The molecule has 3 N–H and O–H groups in total. The molecule has 2 heterocycles. The van der Waals surface area contributed by atoms with Crippen molar-refractivity contribution in [3.05, 3.63) is 68.1 Å². The van der Waals surface area contributed by atoms with Crippen molar-refractivity contribution in [3.63, 3.8) is 0 Å². The Hall–Kier alpha value is -3.55. The number of carbonyl (C=O) groups is 1. The largest absolute Gasteiger partial charge is 0.502 e. The standard InChI is InChI=1S/C19H17NO7/c1-9-5-14(21)18(24)19(27-9)11(7-16(20)22)13-8-26-15-4-3-10(25-2)6-12(15)17(13)23/h3-6,8,11,24H,7H2,1-2H3,(H2,20,22)/t11-/m0/s1. The highest BCUT2D eigenvalue weighted by atomic mass is 16.5. The molecule has 1 amide bonds. The Bertz CT molecular complexity index is 1140. The molecular weight excluding hydrogens is 354 g/mol. The van der Waals surface area contributed by atoms with Crippen LogP contribution in [0.3, 0.4) is 0 Å². The molecule has 0 fully saturated rings. The van der Waals surface area contributed by atoms with E-state index in [1.54, 1.807) is 12.1 Å². The second-order valence-electron chi connectivity index (χ2n) is 6.04. The molecule has 0 radical (unpaired) electrons. The van der Waals surface area contributed by atoms with E-state index in [1.165, 1.54) is 26.4 Å². The third-order valence-electron chi connectivity index (χ3n) is 4.18. The Labute approximate surface area is 152 Å². The van der Waals surface area contributed by atoms with E-state index in [1.807, 2.05) is 0 Å². The number of carbonyl (C=O) groups excluding carboxylic acids is 1. The average molecular weight is 371 g/mol. The molecule has 1 atom stereocenters. The van der Waals surface area contributed by atoms with Gasteiger partial charge in [0.25, 0.3) is 0 Å². The van der Waals surface area contributed by atoms with Crippen molar-refractivity contribution in [2.24, 2.45) is 5.73 Å². The van der Waals surface area contributed by atoms with Crippen LogP contribution in [0.1, 0.15) is 29.4 Å². The van der Waals surface area contributed by atoms with E-state index in [4.69, 9.17) is 19.3 Å². The van der Waals surface area contributed by atoms with E-state index in [9.17, 15) is 19.5 Å². The van der Waals surface area contributed by atoms with Crippen molar-refractivity contribution >= 4 is 16.9 Å². The van der Waals surface area contributed by atoms with Crippen LogP contribution in [0.25, 0.3) is 11.0 Å². The highest BCUT2D eigenvalue weighted by molar-refractivity contribution is 5.80. The monoisotopic (exact) mass is 371 g/mol. The molecule has 0 unspecified atom stereocenters. The smallest absolute Gasteiger partial charge is 0.227 e. The number of benzene rings is 1. The summed E-state index contributed by atoms with van der Waals surface area (Å²) in [6, 6.07) is 5.82. The number of aryl methyl sites for hydroxylation is 1. The zero-order valence-corrected chi connectivity index (χ0v) is 14.6. The van der Waals surface area contributed by atoms with Gasteiger partial charge < -0.3 is 24.4 Å². The number of methoxy groups -OCH3 is 1. The van der Waals surface area contributed by atoms with Gasteiger partial charge in [-0.2, -0.15) is 0 Å². The first-order valence-electron chi connectivity index (χ1n) is 8.03. The van der Waals surface area contributed by atoms with Crippen LogP contribution in [0.4, 0.5) is 0 Å². The van der Waals surface area contributed by atoms with Crippen LogP contribution in [0.5, 0.6) is 11.5 Å². The van der Waals surface area contributed by atoms with Crippen molar-refractivity contribution < 1.29 is 23.5 Å². The van der Waals surface area contributed by atoms with Crippen molar-refractivity contribution in [1.82, 2.24) is 0 Å². The summed E-state index contributed by atoms with van der Waals surface area (Å²) in [5.41, 5.74) is 4.51. The Balaban J connectivity index is 2.28. The topological polar surface area (TPSA) is 133 Å². The maximum Gasteiger partial charge on any atom is 0.227 e. The minimum atomic E-state index is -1.08. The van der Waals surface area contributed by atoms with E-state index >= 15 is 0 Å². The van der Waals surface area contributed by atoms with Crippen molar-refractivity contribution in [1.29, 1.82) is 0 Å². The lowest BCUT2D eigenvalue weighted by atomic mass is 9.92. The fraction of sp³-hybridized carbons (Fsp3) is 0.211. The molecule has 0 saturated carbocycles. The number of amides is 1. The van der Waals surface area contributed by atoms with Gasteiger partial charge in [0.2, 0.25) is 17.1 Å².